The monoisotopic (exact) mass is 261 g/mol. The molecule has 0 aliphatic carbocycles. The molecule has 3 N–H and O–H groups in total. The Kier molecular flexibility index (Phi) is 4.48. The first-order valence-electron chi connectivity index (χ1n) is 6.17. The van der Waals surface area contributed by atoms with E-state index in [1.807, 2.05) is 29.9 Å². The van der Waals surface area contributed by atoms with E-state index in [9.17, 15) is 0 Å². The second-order valence-electron chi connectivity index (χ2n) is 4.31. The average Bonchev–Trinajstić information content (AvgIpc) is 2.85. The fraction of sp³-hybridized carbons (Fsp3) is 0.385. The van der Waals surface area contributed by atoms with Crippen LogP contribution in [0.3, 0.4) is 0 Å². The fourth-order valence-electron chi connectivity index (χ4n) is 2.08. The van der Waals surface area contributed by atoms with Gasteiger partial charge in [-0.2, -0.15) is 0 Å². The van der Waals surface area contributed by atoms with Crippen molar-refractivity contribution in [3.05, 3.63) is 42.1 Å². The van der Waals surface area contributed by atoms with Gasteiger partial charge in [-0.15, -0.1) is 0 Å². The van der Waals surface area contributed by atoms with Crippen molar-refractivity contribution < 1.29 is 4.74 Å². The molecule has 2 aromatic rings. The first kappa shape index (κ1) is 13.5. The van der Waals surface area contributed by atoms with Crippen LogP contribution in [0.25, 0.3) is 0 Å². The van der Waals surface area contributed by atoms with Crippen LogP contribution in [0, 0.1) is 0 Å². The number of pyridine rings is 1. The minimum absolute atomic E-state index is 0.0136. The summed E-state index contributed by atoms with van der Waals surface area (Å²) in [5.41, 5.74) is 3.78. The largest absolute Gasteiger partial charge is 0.481 e. The molecule has 6 heteroatoms. The Morgan fingerprint density at radius 3 is 2.89 bits per heavy atom. The van der Waals surface area contributed by atoms with Gasteiger partial charge in [-0.3, -0.25) is 11.3 Å². The Bertz CT molecular complexity index is 525. The minimum atomic E-state index is -0.0136. The van der Waals surface area contributed by atoms with Crippen molar-refractivity contribution in [1.29, 1.82) is 0 Å². The predicted molar refractivity (Wildman–Crippen MR) is 72.4 cm³/mol. The van der Waals surface area contributed by atoms with Crippen LogP contribution in [0.5, 0.6) is 5.88 Å². The molecule has 0 aliphatic rings. The summed E-state index contributed by atoms with van der Waals surface area (Å²) in [7, 11) is 3.59. The summed E-state index contributed by atoms with van der Waals surface area (Å²) >= 11 is 0. The molecule has 1 atom stereocenters. The van der Waals surface area contributed by atoms with Crippen LogP contribution in [0.1, 0.15) is 23.9 Å². The number of methoxy groups -OCH3 is 1. The number of nitrogens with two attached hydrogens (primary N) is 1. The molecule has 2 aromatic heterocycles. The summed E-state index contributed by atoms with van der Waals surface area (Å²) in [5, 5.41) is 0. The maximum absolute atomic E-state index is 5.65. The molecule has 2 rings (SSSR count). The normalized spacial score (nSPS) is 12.4. The number of aromatic nitrogens is 3. The molecule has 0 spiro atoms. The number of hydrazine groups is 1. The zero-order valence-electron chi connectivity index (χ0n) is 11.2. The first-order valence-corrected chi connectivity index (χ1v) is 6.17. The third-order valence-electron chi connectivity index (χ3n) is 3.15. The molecule has 0 aromatic carbocycles. The smallest absolute Gasteiger partial charge is 0.217 e. The predicted octanol–water partition coefficient (Wildman–Crippen LogP) is 0.961. The molecule has 1 unspecified atom stereocenters. The number of aryl methyl sites for hydroxylation is 2. The van der Waals surface area contributed by atoms with E-state index in [2.05, 4.69) is 15.4 Å². The Balaban J connectivity index is 2.10. The Hall–Kier alpha value is -1.92. The number of hydrogen-bond acceptors (Lipinski definition) is 5. The second-order valence-corrected chi connectivity index (χ2v) is 4.31. The van der Waals surface area contributed by atoms with E-state index < -0.39 is 0 Å². The molecule has 0 saturated heterocycles. The van der Waals surface area contributed by atoms with E-state index >= 15 is 0 Å². The van der Waals surface area contributed by atoms with Gasteiger partial charge in [-0.25, -0.2) is 9.97 Å². The Morgan fingerprint density at radius 2 is 2.26 bits per heavy atom. The Morgan fingerprint density at radius 1 is 1.42 bits per heavy atom. The molecule has 0 radical (unpaired) electrons. The summed E-state index contributed by atoms with van der Waals surface area (Å²) in [6.45, 7) is 0. The maximum Gasteiger partial charge on any atom is 0.217 e. The number of hydrogen-bond donors (Lipinski definition) is 2. The zero-order valence-corrected chi connectivity index (χ0v) is 11.2. The second kappa shape index (κ2) is 6.31. The molecule has 0 bridgehead atoms. The molecule has 6 nitrogen and oxygen atoms in total. The standard InChI is InChI=1S/C13H19N5O/c1-18-9-8-15-12(18)6-5-11(17-14)10-4-3-7-16-13(10)19-2/h3-4,7-9,11,17H,5-6,14H2,1-2H3. The van der Waals surface area contributed by atoms with Crippen LogP contribution in [-0.2, 0) is 13.5 Å². The fourth-order valence-corrected chi connectivity index (χ4v) is 2.08. The van der Waals surface area contributed by atoms with Gasteiger partial charge >= 0.3 is 0 Å². The van der Waals surface area contributed by atoms with E-state index in [1.54, 1.807) is 19.5 Å². The summed E-state index contributed by atoms with van der Waals surface area (Å²) in [4.78, 5) is 8.50. The van der Waals surface area contributed by atoms with E-state index in [4.69, 9.17) is 10.6 Å². The van der Waals surface area contributed by atoms with Gasteiger partial charge in [0.25, 0.3) is 0 Å². The van der Waals surface area contributed by atoms with Gasteiger partial charge in [-0.05, 0) is 12.5 Å². The van der Waals surface area contributed by atoms with Crippen molar-refractivity contribution in [2.45, 2.75) is 18.9 Å². The van der Waals surface area contributed by atoms with Gasteiger partial charge in [0.15, 0.2) is 0 Å². The van der Waals surface area contributed by atoms with Gasteiger partial charge in [0.05, 0.1) is 13.2 Å². The number of nitrogens with one attached hydrogen (secondary N) is 1. The van der Waals surface area contributed by atoms with Crippen LogP contribution >= 0.6 is 0 Å². The van der Waals surface area contributed by atoms with E-state index in [1.165, 1.54) is 0 Å². The van der Waals surface area contributed by atoms with Crippen molar-refractivity contribution in [2.75, 3.05) is 7.11 Å². The number of rotatable bonds is 6. The van der Waals surface area contributed by atoms with Crippen LogP contribution in [-0.4, -0.2) is 21.6 Å². The number of nitrogens with zero attached hydrogens (tertiary/aromatic N) is 3. The van der Waals surface area contributed by atoms with E-state index in [0.717, 1.165) is 24.2 Å². The highest BCUT2D eigenvalue weighted by molar-refractivity contribution is 5.28. The SMILES string of the molecule is COc1ncccc1C(CCc1nccn1C)NN. The van der Waals surface area contributed by atoms with E-state index in [-0.39, 0.29) is 6.04 Å². The highest BCUT2D eigenvalue weighted by atomic mass is 16.5. The van der Waals surface area contributed by atoms with Crippen molar-refractivity contribution in [3.63, 3.8) is 0 Å². The van der Waals surface area contributed by atoms with Gasteiger partial charge < -0.3 is 9.30 Å². The number of ether oxygens (including phenoxy) is 1. The van der Waals surface area contributed by atoms with Crippen molar-refractivity contribution in [2.24, 2.45) is 12.9 Å². The third kappa shape index (κ3) is 3.10. The molecule has 2 heterocycles. The molecule has 0 fully saturated rings. The summed E-state index contributed by atoms with van der Waals surface area (Å²) < 4.78 is 7.27. The molecule has 19 heavy (non-hydrogen) atoms. The van der Waals surface area contributed by atoms with Gasteiger partial charge in [0.1, 0.15) is 5.82 Å². The Labute approximate surface area is 112 Å². The van der Waals surface area contributed by atoms with Gasteiger partial charge in [0, 0.05) is 37.6 Å². The van der Waals surface area contributed by atoms with Crippen LogP contribution in [0.15, 0.2) is 30.7 Å². The average molecular weight is 261 g/mol. The summed E-state index contributed by atoms with van der Waals surface area (Å²) in [6, 6.07) is 3.83. The number of imidazole rings is 1. The van der Waals surface area contributed by atoms with Crippen molar-refractivity contribution in [3.8, 4) is 5.88 Å². The van der Waals surface area contributed by atoms with Crippen molar-refractivity contribution >= 4 is 0 Å². The lowest BCUT2D eigenvalue weighted by molar-refractivity contribution is 0.379. The lowest BCUT2D eigenvalue weighted by Gasteiger charge is -2.18. The highest BCUT2D eigenvalue weighted by Gasteiger charge is 2.16. The lowest BCUT2D eigenvalue weighted by Crippen LogP contribution is -2.29. The third-order valence-corrected chi connectivity index (χ3v) is 3.15. The van der Waals surface area contributed by atoms with Crippen LogP contribution in [0.2, 0.25) is 0 Å². The van der Waals surface area contributed by atoms with Crippen LogP contribution in [0.4, 0.5) is 0 Å². The maximum atomic E-state index is 5.65. The van der Waals surface area contributed by atoms with E-state index in [0.29, 0.717) is 5.88 Å². The molecular formula is C13H19N5O. The first-order chi connectivity index (χ1) is 9.26. The molecule has 102 valence electrons. The lowest BCUT2D eigenvalue weighted by atomic mass is 10.0. The van der Waals surface area contributed by atoms with Gasteiger partial charge in [0.2, 0.25) is 5.88 Å². The summed E-state index contributed by atoms with van der Waals surface area (Å²) in [6.07, 6.45) is 7.09. The molecule has 0 aliphatic heterocycles. The zero-order chi connectivity index (χ0) is 13.7. The topological polar surface area (TPSA) is 78.0 Å². The van der Waals surface area contributed by atoms with Crippen molar-refractivity contribution in [1.82, 2.24) is 20.0 Å². The highest BCUT2D eigenvalue weighted by Crippen LogP contribution is 2.25. The van der Waals surface area contributed by atoms with Crippen LogP contribution < -0.4 is 16.0 Å². The summed E-state index contributed by atoms with van der Waals surface area (Å²) in [5.74, 6) is 7.28. The molecular weight excluding hydrogens is 242 g/mol. The van der Waals surface area contributed by atoms with Gasteiger partial charge in [-0.1, -0.05) is 6.07 Å². The molecule has 0 saturated carbocycles. The minimum Gasteiger partial charge on any atom is -0.481 e. The molecule has 0 amide bonds. The quantitative estimate of drug-likeness (QED) is 0.598.